The second-order valence-electron chi connectivity index (χ2n) is 11.6. The maximum absolute atomic E-state index is 2.49. The molecule has 3 aliphatic rings. The van der Waals surface area contributed by atoms with Gasteiger partial charge in [0.25, 0.3) is 6.71 Å². The quantitative estimate of drug-likeness (QED) is 0.212. The summed E-state index contributed by atoms with van der Waals surface area (Å²) in [7, 11) is 0. The lowest BCUT2D eigenvalue weighted by Crippen LogP contribution is -2.61. The minimum absolute atomic E-state index is 0.167. The largest absolute Gasteiger partial charge is 0.311 e. The van der Waals surface area contributed by atoms with Crippen LogP contribution in [0, 0.1) is 0 Å². The number of anilines is 6. The highest BCUT2D eigenvalue weighted by molar-refractivity contribution is 7.00. The van der Waals surface area contributed by atoms with Crippen molar-refractivity contribution >= 4 is 57.2 Å². The van der Waals surface area contributed by atoms with E-state index in [1.54, 1.807) is 0 Å². The fourth-order valence-corrected chi connectivity index (χ4v) is 7.67. The van der Waals surface area contributed by atoms with Crippen LogP contribution >= 0.6 is 0 Å². The third-order valence-electron chi connectivity index (χ3n) is 9.38. The smallest absolute Gasteiger partial charge is 0.252 e. The molecule has 0 saturated carbocycles. The van der Waals surface area contributed by atoms with E-state index in [4.69, 9.17) is 0 Å². The molecular weight excluding hydrogens is 507 g/mol. The Bertz CT molecular complexity index is 2000. The summed E-state index contributed by atoms with van der Waals surface area (Å²) in [4.78, 5) is 4.94. The van der Waals surface area contributed by atoms with Gasteiger partial charge < -0.3 is 9.80 Å². The first-order chi connectivity index (χ1) is 20.9. The van der Waals surface area contributed by atoms with E-state index in [1.165, 1.54) is 92.0 Å². The zero-order valence-electron chi connectivity index (χ0n) is 23.4. The molecule has 0 radical (unpaired) electrons. The van der Waals surface area contributed by atoms with Gasteiger partial charge in [0.2, 0.25) is 0 Å². The SMILES string of the molecule is c1ccc(N2c3ccccc3B3c4ccccc4N(c4cccc(-c5cccc6c5CCC6)c4)c4cccc2c43)cc1. The van der Waals surface area contributed by atoms with Gasteiger partial charge in [-0.1, -0.05) is 91.0 Å². The van der Waals surface area contributed by atoms with Gasteiger partial charge in [0.05, 0.1) is 0 Å². The van der Waals surface area contributed by atoms with E-state index >= 15 is 0 Å². The minimum atomic E-state index is 0.167. The van der Waals surface area contributed by atoms with E-state index in [2.05, 4.69) is 149 Å². The summed E-state index contributed by atoms with van der Waals surface area (Å²) in [6.07, 6.45) is 3.62. The van der Waals surface area contributed by atoms with Crippen molar-refractivity contribution in [3.8, 4) is 11.1 Å². The highest BCUT2D eigenvalue weighted by Gasteiger charge is 2.42. The number of fused-ring (bicyclic) bond motifs is 5. The minimum Gasteiger partial charge on any atom is -0.311 e. The van der Waals surface area contributed by atoms with Gasteiger partial charge in [-0.25, -0.2) is 0 Å². The van der Waals surface area contributed by atoms with Crippen molar-refractivity contribution in [1.82, 2.24) is 0 Å². The molecule has 1 aliphatic carbocycles. The fourth-order valence-electron chi connectivity index (χ4n) is 7.67. The normalized spacial score (nSPS) is 14.2. The lowest BCUT2D eigenvalue weighted by molar-refractivity contribution is 0.912. The lowest BCUT2D eigenvalue weighted by Gasteiger charge is -2.44. The molecule has 2 heterocycles. The van der Waals surface area contributed by atoms with Gasteiger partial charge in [-0.2, -0.15) is 0 Å². The van der Waals surface area contributed by atoms with Crippen molar-refractivity contribution < 1.29 is 0 Å². The molecule has 0 N–H and O–H groups in total. The second kappa shape index (κ2) is 9.25. The Hall–Kier alpha value is -5.02. The standard InChI is InChI=1S/C39H29BN2/c1-2-15-29(16-3-1)41-35-22-6-4-20-33(35)40-34-21-5-7-23-36(34)42(38-25-11-24-37(41)39(38)40)30-17-8-14-28(26-30)32-19-10-13-27-12-9-18-31(27)32/h1-8,10-11,13-17,19-26H,9,12,18H2. The molecule has 0 amide bonds. The van der Waals surface area contributed by atoms with Crippen LogP contribution in [0.25, 0.3) is 11.1 Å². The van der Waals surface area contributed by atoms with Crippen molar-refractivity contribution in [2.45, 2.75) is 19.3 Å². The average Bonchev–Trinajstić information content (AvgIpc) is 3.54. The van der Waals surface area contributed by atoms with E-state index in [0.29, 0.717) is 0 Å². The molecule has 0 atom stereocenters. The Morgan fingerprint density at radius 2 is 1.07 bits per heavy atom. The average molecular weight is 536 g/mol. The van der Waals surface area contributed by atoms with Crippen LogP contribution in [0.4, 0.5) is 34.1 Å². The topological polar surface area (TPSA) is 6.48 Å². The highest BCUT2D eigenvalue weighted by atomic mass is 15.2. The van der Waals surface area contributed by atoms with Crippen LogP contribution in [0.2, 0.25) is 0 Å². The van der Waals surface area contributed by atoms with Crippen molar-refractivity contribution in [1.29, 1.82) is 0 Å². The number of aryl methyl sites for hydroxylation is 1. The van der Waals surface area contributed by atoms with Crippen LogP contribution < -0.4 is 26.2 Å². The van der Waals surface area contributed by atoms with Gasteiger partial charge in [0.15, 0.2) is 0 Å². The molecule has 9 rings (SSSR count). The Morgan fingerprint density at radius 1 is 0.476 bits per heavy atom. The summed E-state index contributed by atoms with van der Waals surface area (Å²) >= 11 is 0. The van der Waals surface area contributed by atoms with Gasteiger partial charge in [-0.15, -0.1) is 0 Å². The van der Waals surface area contributed by atoms with Crippen LogP contribution in [-0.4, -0.2) is 6.71 Å². The van der Waals surface area contributed by atoms with E-state index < -0.39 is 0 Å². The number of nitrogens with zero attached hydrogens (tertiary/aromatic N) is 2. The summed E-state index contributed by atoms with van der Waals surface area (Å²) in [5.41, 5.74) is 17.2. The maximum atomic E-state index is 2.49. The maximum Gasteiger partial charge on any atom is 0.252 e. The monoisotopic (exact) mass is 536 g/mol. The third kappa shape index (κ3) is 3.40. The van der Waals surface area contributed by atoms with Crippen molar-refractivity contribution in [2.75, 3.05) is 9.80 Å². The Labute approximate surface area is 247 Å². The Morgan fingerprint density at radius 3 is 1.83 bits per heavy atom. The van der Waals surface area contributed by atoms with Gasteiger partial charge in [0, 0.05) is 34.1 Å². The summed E-state index contributed by atoms with van der Waals surface area (Å²) in [5, 5.41) is 0. The summed E-state index contributed by atoms with van der Waals surface area (Å²) in [6, 6.07) is 51.6. The van der Waals surface area contributed by atoms with E-state index in [0.717, 1.165) is 0 Å². The van der Waals surface area contributed by atoms with Crippen molar-refractivity contribution in [3.05, 3.63) is 151 Å². The summed E-state index contributed by atoms with van der Waals surface area (Å²) < 4.78 is 0. The summed E-state index contributed by atoms with van der Waals surface area (Å²) in [6.45, 7) is 0.167. The molecule has 0 unspecified atom stereocenters. The first kappa shape index (κ1) is 23.7. The molecule has 2 aliphatic heterocycles. The molecule has 2 nitrogen and oxygen atoms in total. The molecule has 0 saturated heterocycles. The van der Waals surface area contributed by atoms with Gasteiger partial charge in [-0.3, -0.25) is 0 Å². The number of hydrogen-bond acceptors (Lipinski definition) is 2. The molecular formula is C39H29BN2. The number of para-hydroxylation sites is 3. The zero-order chi connectivity index (χ0) is 27.6. The molecule has 6 aromatic carbocycles. The zero-order valence-corrected chi connectivity index (χ0v) is 23.4. The van der Waals surface area contributed by atoms with E-state index in [9.17, 15) is 0 Å². The van der Waals surface area contributed by atoms with Crippen LogP contribution in [-0.2, 0) is 12.8 Å². The predicted octanol–water partition coefficient (Wildman–Crippen LogP) is 7.92. The predicted molar refractivity (Wildman–Crippen MR) is 178 cm³/mol. The molecule has 0 spiro atoms. The van der Waals surface area contributed by atoms with Crippen LogP contribution in [0.1, 0.15) is 17.5 Å². The number of rotatable bonds is 3. The highest BCUT2D eigenvalue weighted by Crippen LogP contribution is 2.44. The molecule has 42 heavy (non-hydrogen) atoms. The van der Waals surface area contributed by atoms with Gasteiger partial charge in [0.1, 0.15) is 0 Å². The first-order valence-corrected chi connectivity index (χ1v) is 15.0. The summed E-state index contributed by atoms with van der Waals surface area (Å²) in [5.74, 6) is 0. The van der Waals surface area contributed by atoms with Gasteiger partial charge in [-0.05, 0) is 106 Å². The van der Waals surface area contributed by atoms with Crippen LogP contribution in [0.15, 0.2) is 140 Å². The molecule has 0 aromatic heterocycles. The van der Waals surface area contributed by atoms with Crippen LogP contribution in [0.5, 0.6) is 0 Å². The second-order valence-corrected chi connectivity index (χ2v) is 11.6. The molecule has 6 aromatic rings. The molecule has 0 fully saturated rings. The van der Waals surface area contributed by atoms with E-state index in [-0.39, 0.29) is 6.71 Å². The molecule has 3 heteroatoms. The van der Waals surface area contributed by atoms with Crippen molar-refractivity contribution in [2.24, 2.45) is 0 Å². The lowest BCUT2D eigenvalue weighted by atomic mass is 9.33. The Balaban J connectivity index is 1.29. The Kier molecular flexibility index (Phi) is 5.22. The van der Waals surface area contributed by atoms with Gasteiger partial charge >= 0.3 is 0 Å². The first-order valence-electron chi connectivity index (χ1n) is 15.0. The fraction of sp³-hybridized carbons (Fsp3) is 0.0769. The molecule has 0 bridgehead atoms. The number of hydrogen-bond donors (Lipinski definition) is 0. The van der Waals surface area contributed by atoms with E-state index in [1.807, 2.05) is 0 Å². The van der Waals surface area contributed by atoms with Crippen molar-refractivity contribution in [3.63, 3.8) is 0 Å². The van der Waals surface area contributed by atoms with Crippen LogP contribution in [0.3, 0.4) is 0 Å². The number of benzene rings is 6. The molecule has 198 valence electrons. The third-order valence-corrected chi connectivity index (χ3v) is 9.38.